The van der Waals surface area contributed by atoms with Crippen LogP contribution in [0.3, 0.4) is 0 Å². The molecule has 0 aliphatic carbocycles. The van der Waals surface area contributed by atoms with Gasteiger partial charge in [0.25, 0.3) is 0 Å². The number of hydrogen-bond donors (Lipinski definition) is 1. The molecular weight excluding hydrogens is 298 g/mol. The zero-order valence-corrected chi connectivity index (χ0v) is 13.1. The van der Waals surface area contributed by atoms with Crippen LogP contribution in [0.5, 0.6) is 0 Å². The highest BCUT2D eigenvalue weighted by molar-refractivity contribution is 8.00. The number of amides is 1. The molecule has 2 heterocycles. The molecule has 3 aromatic rings. The van der Waals surface area contributed by atoms with E-state index in [9.17, 15) is 4.79 Å². The van der Waals surface area contributed by atoms with Gasteiger partial charge in [-0.05, 0) is 18.6 Å². The summed E-state index contributed by atoms with van der Waals surface area (Å²) in [6, 6.07) is 7.82. The van der Waals surface area contributed by atoms with Gasteiger partial charge in [0.15, 0.2) is 5.65 Å². The Hall–Kier alpha value is -2.15. The van der Waals surface area contributed by atoms with Crippen LogP contribution in [0.2, 0.25) is 0 Å². The molecule has 1 aromatic carbocycles. The Morgan fingerprint density at radius 1 is 1.36 bits per heavy atom. The molecule has 6 nitrogen and oxygen atoms in total. The monoisotopic (exact) mass is 315 g/mol. The summed E-state index contributed by atoms with van der Waals surface area (Å²) in [7, 11) is 0. The van der Waals surface area contributed by atoms with Gasteiger partial charge >= 0.3 is 0 Å². The Balaban J connectivity index is 1.80. The van der Waals surface area contributed by atoms with Crippen LogP contribution in [-0.4, -0.2) is 37.8 Å². The van der Waals surface area contributed by atoms with Crippen molar-refractivity contribution in [3.63, 3.8) is 0 Å². The second-order valence-electron chi connectivity index (χ2n) is 4.92. The Morgan fingerprint density at radius 3 is 3.09 bits per heavy atom. The largest absolute Gasteiger partial charge is 0.355 e. The Labute approximate surface area is 132 Å². The summed E-state index contributed by atoms with van der Waals surface area (Å²) in [6.45, 7) is 2.82. The van der Waals surface area contributed by atoms with E-state index in [1.165, 1.54) is 11.8 Å². The molecule has 0 aliphatic rings. The summed E-state index contributed by atoms with van der Waals surface area (Å²) in [5.74, 6) is 0.350. The average Bonchev–Trinajstić information content (AvgIpc) is 3.03. The van der Waals surface area contributed by atoms with Crippen LogP contribution < -0.4 is 5.32 Å². The van der Waals surface area contributed by atoms with Gasteiger partial charge in [-0.1, -0.05) is 37.2 Å². The van der Waals surface area contributed by atoms with Gasteiger partial charge in [0, 0.05) is 6.54 Å². The maximum Gasteiger partial charge on any atom is 0.230 e. The highest BCUT2D eigenvalue weighted by Crippen LogP contribution is 2.24. The van der Waals surface area contributed by atoms with E-state index in [2.05, 4.69) is 27.4 Å². The van der Waals surface area contributed by atoms with Gasteiger partial charge in [-0.3, -0.25) is 9.20 Å². The maximum atomic E-state index is 11.8. The molecule has 0 fully saturated rings. The quantitative estimate of drug-likeness (QED) is 0.558. The molecule has 7 heteroatoms. The molecule has 0 saturated carbocycles. The fraction of sp³-hybridized carbons (Fsp3) is 0.333. The molecular formula is C15H17N5OS. The summed E-state index contributed by atoms with van der Waals surface area (Å²) in [5.41, 5.74) is 2.51. The number of hydrogen-bond acceptors (Lipinski definition) is 5. The summed E-state index contributed by atoms with van der Waals surface area (Å²) in [6.07, 6.45) is 3.74. The third-order valence-electron chi connectivity index (χ3n) is 3.29. The molecule has 3 rings (SSSR count). The number of fused-ring (bicyclic) bond motifs is 3. The van der Waals surface area contributed by atoms with Crippen molar-refractivity contribution in [1.82, 2.24) is 24.9 Å². The van der Waals surface area contributed by atoms with Crippen LogP contribution in [0.15, 0.2) is 35.6 Å². The first kappa shape index (κ1) is 14.8. The van der Waals surface area contributed by atoms with Crippen LogP contribution in [0.4, 0.5) is 0 Å². The standard InChI is InChI=1S/C15H17N5OS/c1-2-3-8-16-13(21)9-22-15-14-19-17-10-20(14)12-7-5-4-6-11(12)18-15/h4-7,10H,2-3,8-9H2,1H3,(H,16,21). The zero-order chi connectivity index (χ0) is 15.4. The Morgan fingerprint density at radius 2 is 2.23 bits per heavy atom. The van der Waals surface area contributed by atoms with Crippen molar-refractivity contribution in [3.8, 4) is 0 Å². The van der Waals surface area contributed by atoms with Crippen molar-refractivity contribution < 1.29 is 4.79 Å². The van der Waals surface area contributed by atoms with E-state index in [1.807, 2.05) is 28.7 Å². The second-order valence-corrected chi connectivity index (χ2v) is 5.89. The van der Waals surface area contributed by atoms with Gasteiger partial charge in [-0.2, -0.15) is 0 Å². The van der Waals surface area contributed by atoms with Crippen molar-refractivity contribution >= 4 is 34.3 Å². The van der Waals surface area contributed by atoms with E-state index >= 15 is 0 Å². The molecule has 114 valence electrons. The molecule has 0 atom stereocenters. The first-order valence-electron chi connectivity index (χ1n) is 7.27. The van der Waals surface area contributed by atoms with Crippen LogP contribution in [0, 0.1) is 0 Å². The van der Waals surface area contributed by atoms with Gasteiger partial charge in [-0.25, -0.2) is 4.98 Å². The SMILES string of the molecule is CCCCNC(=O)CSc1nc2ccccc2n2cnnc12. The van der Waals surface area contributed by atoms with E-state index in [1.54, 1.807) is 6.33 Å². The highest BCUT2D eigenvalue weighted by atomic mass is 32.2. The minimum atomic E-state index is 0.0195. The van der Waals surface area contributed by atoms with Gasteiger partial charge < -0.3 is 5.32 Å². The molecule has 2 aromatic heterocycles. The molecule has 1 amide bonds. The van der Waals surface area contributed by atoms with Gasteiger partial charge in [-0.15, -0.1) is 10.2 Å². The van der Waals surface area contributed by atoms with Crippen molar-refractivity contribution in [2.24, 2.45) is 0 Å². The van der Waals surface area contributed by atoms with Crippen LogP contribution in [0.1, 0.15) is 19.8 Å². The molecule has 0 bridgehead atoms. The first-order chi connectivity index (χ1) is 10.8. The third kappa shape index (κ3) is 3.04. The second kappa shape index (κ2) is 6.74. The number of unbranched alkanes of at least 4 members (excludes halogenated alkanes) is 1. The maximum absolute atomic E-state index is 11.8. The van der Waals surface area contributed by atoms with Crippen LogP contribution in [0.25, 0.3) is 16.7 Å². The number of benzene rings is 1. The lowest BCUT2D eigenvalue weighted by atomic mass is 10.3. The molecule has 0 aliphatic heterocycles. The van der Waals surface area contributed by atoms with E-state index < -0.39 is 0 Å². The summed E-state index contributed by atoms with van der Waals surface area (Å²) >= 11 is 1.39. The predicted octanol–water partition coefficient (Wildman–Crippen LogP) is 2.29. The van der Waals surface area contributed by atoms with E-state index in [4.69, 9.17) is 0 Å². The molecule has 0 radical (unpaired) electrons. The van der Waals surface area contributed by atoms with Crippen LogP contribution in [-0.2, 0) is 4.79 Å². The van der Waals surface area contributed by atoms with Crippen molar-refractivity contribution in [1.29, 1.82) is 0 Å². The van der Waals surface area contributed by atoms with Crippen molar-refractivity contribution in [2.75, 3.05) is 12.3 Å². The van der Waals surface area contributed by atoms with Gasteiger partial charge in [0.05, 0.1) is 16.8 Å². The van der Waals surface area contributed by atoms with Crippen LogP contribution >= 0.6 is 11.8 Å². The van der Waals surface area contributed by atoms with E-state index in [0.29, 0.717) is 11.4 Å². The van der Waals surface area contributed by atoms with Gasteiger partial charge in [0.1, 0.15) is 11.4 Å². The molecule has 0 saturated heterocycles. The number of carbonyl (C=O) groups excluding carboxylic acids is 1. The fourth-order valence-corrected chi connectivity index (χ4v) is 2.97. The number of para-hydroxylation sites is 2. The number of nitrogens with zero attached hydrogens (tertiary/aromatic N) is 4. The van der Waals surface area contributed by atoms with E-state index in [-0.39, 0.29) is 5.91 Å². The first-order valence-corrected chi connectivity index (χ1v) is 8.26. The lowest BCUT2D eigenvalue weighted by molar-refractivity contribution is -0.118. The molecule has 22 heavy (non-hydrogen) atoms. The molecule has 0 unspecified atom stereocenters. The molecule has 0 spiro atoms. The summed E-state index contributed by atoms with van der Waals surface area (Å²) < 4.78 is 1.90. The summed E-state index contributed by atoms with van der Waals surface area (Å²) in [5, 5.41) is 11.7. The molecule has 1 N–H and O–H groups in total. The predicted molar refractivity (Wildman–Crippen MR) is 86.9 cm³/mol. The fourth-order valence-electron chi connectivity index (χ4n) is 2.17. The van der Waals surface area contributed by atoms with Gasteiger partial charge in [0.2, 0.25) is 5.91 Å². The lowest BCUT2D eigenvalue weighted by Gasteiger charge is -2.06. The number of nitrogens with one attached hydrogen (secondary N) is 1. The van der Waals surface area contributed by atoms with E-state index in [0.717, 1.165) is 35.4 Å². The minimum absolute atomic E-state index is 0.0195. The topological polar surface area (TPSA) is 72.2 Å². The number of carbonyl (C=O) groups is 1. The number of rotatable bonds is 6. The minimum Gasteiger partial charge on any atom is -0.355 e. The average molecular weight is 315 g/mol. The smallest absolute Gasteiger partial charge is 0.230 e. The Kier molecular flexibility index (Phi) is 4.53. The van der Waals surface area contributed by atoms with Crippen molar-refractivity contribution in [3.05, 3.63) is 30.6 Å². The lowest BCUT2D eigenvalue weighted by Crippen LogP contribution is -2.26. The number of aromatic nitrogens is 4. The highest BCUT2D eigenvalue weighted by Gasteiger charge is 2.12. The third-order valence-corrected chi connectivity index (χ3v) is 4.25. The zero-order valence-electron chi connectivity index (χ0n) is 12.3. The van der Waals surface area contributed by atoms with Crippen molar-refractivity contribution in [2.45, 2.75) is 24.8 Å². The normalized spacial score (nSPS) is 11.1. The number of thioether (sulfide) groups is 1. The Bertz CT molecular complexity index is 801. The summed E-state index contributed by atoms with van der Waals surface area (Å²) in [4.78, 5) is 16.4.